The molecule has 2 heterocycles. The van der Waals surface area contributed by atoms with Crippen LogP contribution in [0.1, 0.15) is 43.2 Å². The smallest absolute Gasteiger partial charge is 0.254 e. The summed E-state index contributed by atoms with van der Waals surface area (Å²) in [6.45, 7) is 6.04. The van der Waals surface area contributed by atoms with E-state index in [0.717, 1.165) is 17.0 Å². The van der Waals surface area contributed by atoms with E-state index in [2.05, 4.69) is 16.9 Å². The number of rotatable bonds is 3. The monoisotopic (exact) mass is 258 g/mol. The quantitative estimate of drug-likeness (QED) is 0.920. The van der Waals surface area contributed by atoms with Crippen LogP contribution in [0.15, 0.2) is 21.3 Å². The predicted molar refractivity (Wildman–Crippen MR) is 73.2 cm³/mol. The SMILES string of the molecule is CCc1c(C)nc(-c2ccc(C3CC3C)o2)[nH]c1=O. The van der Waals surface area contributed by atoms with Crippen LogP contribution in [0.25, 0.3) is 11.6 Å². The average molecular weight is 258 g/mol. The maximum atomic E-state index is 11.9. The first-order chi connectivity index (χ1) is 9.10. The Balaban J connectivity index is 1.98. The second-order valence-electron chi connectivity index (χ2n) is 5.35. The first-order valence-electron chi connectivity index (χ1n) is 6.80. The van der Waals surface area contributed by atoms with E-state index < -0.39 is 0 Å². The van der Waals surface area contributed by atoms with Crippen LogP contribution in [0.5, 0.6) is 0 Å². The van der Waals surface area contributed by atoms with Crippen molar-refractivity contribution in [2.75, 3.05) is 0 Å². The molecular formula is C15H18N2O2. The molecule has 0 spiro atoms. The highest BCUT2D eigenvalue weighted by Crippen LogP contribution is 2.47. The fraction of sp³-hybridized carbons (Fsp3) is 0.467. The minimum Gasteiger partial charge on any atom is -0.458 e. The Labute approximate surface area is 111 Å². The molecule has 0 bridgehead atoms. The van der Waals surface area contributed by atoms with Crippen molar-refractivity contribution in [2.45, 2.75) is 39.5 Å². The van der Waals surface area contributed by atoms with Crippen molar-refractivity contribution >= 4 is 0 Å². The van der Waals surface area contributed by atoms with Gasteiger partial charge in [0, 0.05) is 17.2 Å². The van der Waals surface area contributed by atoms with E-state index in [0.29, 0.717) is 29.8 Å². The Kier molecular flexibility index (Phi) is 2.81. The number of nitrogens with one attached hydrogen (secondary N) is 1. The van der Waals surface area contributed by atoms with Crippen LogP contribution in [0.4, 0.5) is 0 Å². The zero-order chi connectivity index (χ0) is 13.6. The van der Waals surface area contributed by atoms with Gasteiger partial charge in [0.15, 0.2) is 11.6 Å². The summed E-state index contributed by atoms with van der Waals surface area (Å²) in [7, 11) is 0. The highest BCUT2D eigenvalue weighted by atomic mass is 16.3. The lowest BCUT2D eigenvalue weighted by atomic mass is 10.2. The molecule has 2 unspecified atom stereocenters. The van der Waals surface area contributed by atoms with Gasteiger partial charge < -0.3 is 9.40 Å². The fourth-order valence-corrected chi connectivity index (χ4v) is 2.54. The summed E-state index contributed by atoms with van der Waals surface area (Å²) in [5, 5.41) is 0. The van der Waals surface area contributed by atoms with Gasteiger partial charge in [0.2, 0.25) is 0 Å². The van der Waals surface area contributed by atoms with Crippen LogP contribution >= 0.6 is 0 Å². The third kappa shape index (κ3) is 2.11. The lowest BCUT2D eigenvalue weighted by Crippen LogP contribution is -2.16. The summed E-state index contributed by atoms with van der Waals surface area (Å²) in [6.07, 6.45) is 1.88. The molecule has 19 heavy (non-hydrogen) atoms. The summed E-state index contributed by atoms with van der Waals surface area (Å²) in [5.41, 5.74) is 1.45. The molecule has 0 aliphatic heterocycles. The van der Waals surface area contributed by atoms with Gasteiger partial charge in [-0.25, -0.2) is 4.98 Å². The number of hydrogen-bond acceptors (Lipinski definition) is 3. The Morgan fingerprint density at radius 2 is 2.21 bits per heavy atom. The molecule has 0 radical (unpaired) electrons. The van der Waals surface area contributed by atoms with Crippen molar-refractivity contribution in [2.24, 2.45) is 5.92 Å². The maximum absolute atomic E-state index is 11.9. The van der Waals surface area contributed by atoms with Crippen molar-refractivity contribution in [3.8, 4) is 11.6 Å². The normalized spacial score (nSPS) is 21.6. The highest BCUT2D eigenvalue weighted by Gasteiger charge is 2.36. The van der Waals surface area contributed by atoms with Crippen LogP contribution < -0.4 is 5.56 Å². The van der Waals surface area contributed by atoms with E-state index >= 15 is 0 Å². The molecule has 1 aliphatic rings. The maximum Gasteiger partial charge on any atom is 0.254 e. The topological polar surface area (TPSA) is 58.9 Å². The summed E-state index contributed by atoms with van der Waals surface area (Å²) < 4.78 is 5.81. The molecule has 4 nitrogen and oxygen atoms in total. The van der Waals surface area contributed by atoms with Crippen LogP contribution in [0.3, 0.4) is 0 Å². The first-order valence-corrected chi connectivity index (χ1v) is 6.80. The lowest BCUT2D eigenvalue weighted by Gasteiger charge is -2.03. The summed E-state index contributed by atoms with van der Waals surface area (Å²) in [4.78, 5) is 19.2. The molecule has 2 atom stereocenters. The third-order valence-electron chi connectivity index (χ3n) is 3.91. The van der Waals surface area contributed by atoms with Gasteiger partial charge >= 0.3 is 0 Å². The number of furan rings is 1. The van der Waals surface area contributed by atoms with Crippen molar-refractivity contribution in [3.63, 3.8) is 0 Å². The molecule has 1 saturated carbocycles. The molecule has 0 aromatic carbocycles. The van der Waals surface area contributed by atoms with Gasteiger partial charge in [-0.2, -0.15) is 0 Å². The van der Waals surface area contributed by atoms with Crippen LogP contribution in [0.2, 0.25) is 0 Å². The molecule has 2 aromatic rings. The molecular weight excluding hydrogens is 240 g/mol. The van der Waals surface area contributed by atoms with Gasteiger partial charge in [-0.1, -0.05) is 13.8 Å². The number of H-pyrrole nitrogens is 1. The molecule has 0 amide bonds. The standard InChI is InChI=1S/C15H18N2O2/c1-4-10-9(3)16-14(17-15(10)18)13-6-5-12(19-13)11-7-8(11)2/h5-6,8,11H,4,7H2,1-3H3,(H,16,17,18). The molecule has 1 aliphatic carbocycles. The van der Waals surface area contributed by atoms with Gasteiger partial charge in [0.25, 0.3) is 5.56 Å². The average Bonchev–Trinajstić information content (AvgIpc) is 2.91. The summed E-state index contributed by atoms with van der Waals surface area (Å²) in [6, 6.07) is 3.89. The van der Waals surface area contributed by atoms with Gasteiger partial charge in [-0.3, -0.25) is 4.79 Å². The molecule has 1 N–H and O–H groups in total. The Morgan fingerprint density at radius 1 is 1.47 bits per heavy atom. The number of aromatic amines is 1. The largest absolute Gasteiger partial charge is 0.458 e. The molecule has 0 saturated heterocycles. The van der Waals surface area contributed by atoms with Gasteiger partial charge in [0.1, 0.15) is 5.76 Å². The number of nitrogens with zero attached hydrogens (tertiary/aromatic N) is 1. The van der Waals surface area contributed by atoms with Crippen molar-refractivity contribution in [1.29, 1.82) is 0 Å². The van der Waals surface area contributed by atoms with Crippen molar-refractivity contribution in [3.05, 3.63) is 39.5 Å². The molecule has 3 rings (SSSR count). The number of aromatic nitrogens is 2. The van der Waals surface area contributed by atoms with Crippen LogP contribution in [-0.2, 0) is 6.42 Å². The van der Waals surface area contributed by atoms with E-state index in [1.54, 1.807) is 0 Å². The van der Waals surface area contributed by atoms with Crippen molar-refractivity contribution < 1.29 is 4.42 Å². The molecule has 4 heteroatoms. The van der Waals surface area contributed by atoms with Crippen LogP contribution in [-0.4, -0.2) is 9.97 Å². The van der Waals surface area contributed by atoms with Crippen molar-refractivity contribution in [1.82, 2.24) is 9.97 Å². The van der Waals surface area contributed by atoms with E-state index in [1.165, 1.54) is 6.42 Å². The Morgan fingerprint density at radius 3 is 2.79 bits per heavy atom. The van der Waals surface area contributed by atoms with E-state index in [9.17, 15) is 4.79 Å². The van der Waals surface area contributed by atoms with Gasteiger partial charge in [0.05, 0.1) is 0 Å². The predicted octanol–water partition coefficient (Wildman–Crippen LogP) is 3.02. The minimum atomic E-state index is -0.0669. The molecule has 1 fully saturated rings. The minimum absolute atomic E-state index is 0.0669. The molecule has 2 aromatic heterocycles. The molecule has 100 valence electrons. The van der Waals surface area contributed by atoms with Crippen LogP contribution in [0, 0.1) is 12.8 Å². The second kappa shape index (κ2) is 4.37. The third-order valence-corrected chi connectivity index (χ3v) is 3.91. The second-order valence-corrected chi connectivity index (χ2v) is 5.35. The van der Waals surface area contributed by atoms with E-state index in [4.69, 9.17) is 4.42 Å². The lowest BCUT2D eigenvalue weighted by molar-refractivity contribution is 0.514. The van der Waals surface area contributed by atoms with E-state index in [-0.39, 0.29) is 5.56 Å². The summed E-state index contributed by atoms with van der Waals surface area (Å²) in [5.74, 6) is 3.42. The zero-order valence-electron chi connectivity index (χ0n) is 11.5. The number of hydrogen-bond donors (Lipinski definition) is 1. The Hall–Kier alpha value is -1.84. The van der Waals surface area contributed by atoms with Gasteiger partial charge in [-0.15, -0.1) is 0 Å². The first kappa shape index (κ1) is 12.2. The Bertz CT molecular complexity index is 669. The van der Waals surface area contributed by atoms with E-state index in [1.807, 2.05) is 26.0 Å². The fourth-order valence-electron chi connectivity index (χ4n) is 2.54. The highest BCUT2D eigenvalue weighted by molar-refractivity contribution is 5.48. The zero-order valence-corrected chi connectivity index (χ0v) is 11.5. The summed E-state index contributed by atoms with van der Waals surface area (Å²) >= 11 is 0. The number of aryl methyl sites for hydroxylation is 1. The van der Waals surface area contributed by atoms with Gasteiger partial charge in [-0.05, 0) is 37.8 Å².